The van der Waals surface area contributed by atoms with Gasteiger partial charge in [-0.2, -0.15) is 0 Å². The number of hydrogen-bond donors (Lipinski definition) is 1. The molecule has 2 nitrogen and oxygen atoms in total. The quantitative estimate of drug-likeness (QED) is 0.899. The van der Waals surface area contributed by atoms with Gasteiger partial charge in [0.15, 0.2) is 0 Å². The molecule has 0 heterocycles. The Bertz CT molecular complexity index is 355. The summed E-state index contributed by atoms with van der Waals surface area (Å²) >= 11 is 3.13. The van der Waals surface area contributed by atoms with Crippen molar-refractivity contribution in [3.05, 3.63) is 28.5 Å². The number of benzene rings is 1. The molecule has 0 unspecified atom stereocenters. The summed E-state index contributed by atoms with van der Waals surface area (Å²) in [7, 11) is 1.91. The molecular formula is C12H17BrFNO. The highest BCUT2D eigenvalue weighted by molar-refractivity contribution is 9.10. The summed E-state index contributed by atoms with van der Waals surface area (Å²) in [6, 6.07) is 4.67. The normalized spacial score (nSPS) is 11.6. The van der Waals surface area contributed by atoms with Crippen molar-refractivity contribution in [1.29, 1.82) is 0 Å². The molecule has 0 amide bonds. The van der Waals surface area contributed by atoms with Gasteiger partial charge in [-0.1, -0.05) is 13.8 Å². The first-order chi connectivity index (χ1) is 7.44. The van der Waals surface area contributed by atoms with Gasteiger partial charge in [-0.15, -0.1) is 0 Å². The first-order valence-electron chi connectivity index (χ1n) is 5.17. The van der Waals surface area contributed by atoms with Crippen LogP contribution in [0.25, 0.3) is 0 Å². The number of rotatable bonds is 5. The summed E-state index contributed by atoms with van der Waals surface area (Å²) in [5.41, 5.74) is 0.0512. The fourth-order valence-corrected chi connectivity index (χ4v) is 1.73. The first-order valence-corrected chi connectivity index (χ1v) is 5.96. The van der Waals surface area contributed by atoms with Crippen molar-refractivity contribution in [1.82, 2.24) is 5.32 Å². The summed E-state index contributed by atoms with van der Waals surface area (Å²) in [5.74, 6) is 0.402. The second-order valence-corrected chi connectivity index (χ2v) is 5.41. The molecular weight excluding hydrogens is 273 g/mol. The van der Waals surface area contributed by atoms with E-state index in [0.29, 0.717) is 16.8 Å². The van der Waals surface area contributed by atoms with Crippen LogP contribution in [0.5, 0.6) is 5.75 Å². The molecule has 1 N–H and O–H groups in total. The van der Waals surface area contributed by atoms with Gasteiger partial charge in [-0.25, -0.2) is 4.39 Å². The zero-order chi connectivity index (χ0) is 12.2. The highest BCUT2D eigenvalue weighted by Gasteiger charge is 2.17. The van der Waals surface area contributed by atoms with E-state index in [0.717, 1.165) is 6.54 Å². The molecule has 0 saturated carbocycles. The van der Waals surface area contributed by atoms with E-state index in [-0.39, 0.29) is 11.2 Å². The Morgan fingerprint density at radius 3 is 2.69 bits per heavy atom. The topological polar surface area (TPSA) is 21.3 Å². The Hall–Kier alpha value is -0.610. The van der Waals surface area contributed by atoms with Crippen LogP contribution in [-0.2, 0) is 0 Å². The van der Waals surface area contributed by atoms with Gasteiger partial charge in [0.25, 0.3) is 0 Å². The van der Waals surface area contributed by atoms with E-state index in [1.54, 1.807) is 12.1 Å². The van der Waals surface area contributed by atoms with Crippen LogP contribution in [0, 0.1) is 11.2 Å². The van der Waals surface area contributed by atoms with Gasteiger partial charge in [-0.3, -0.25) is 0 Å². The van der Waals surface area contributed by atoms with Gasteiger partial charge in [0.05, 0.1) is 11.1 Å². The molecule has 0 aliphatic carbocycles. The average molecular weight is 290 g/mol. The van der Waals surface area contributed by atoms with Gasteiger partial charge in [0, 0.05) is 12.0 Å². The van der Waals surface area contributed by atoms with Crippen LogP contribution >= 0.6 is 15.9 Å². The maximum absolute atomic E-state index is 13.0. The van der Waals surface area contributed by atoms with Crippen molar-refractivity contribution >= 4 is 15.9 Å². The van der Waals surface area contributed by atoms with Gasteiger partial charge >= 0.3 is 0 Å². The third kappa shape index (κ3) is 4.10. The zero-order valence-corrected chi connectivity index (χ0v) is 11.4. The number of nitrogens with one attached hydrogen (secondary N) is 1. The lowest BCUT2D eigenvalue weighted by Crippen LogP contribution is -2.32. The van der Waals surface area contributed by atoms with E-state index in [9.17, 15) is 4.39 Å². The Morgan fingerprint density at radius 1 is 1.44 bits per heavy atom. The smallest absolute Gasteiger partial charge is 0.137 e. The number of halogens is 2. The molecule has 0 aromatic heterocycles. The van der Waals surface area contributed by atoms with Crippen molar-refractivity contribution in [2.75, 3.05) is 20.2 Å². The van der Waals surface area contributed by atoms with E-state index in [1.807, 2.05) is 7.05 Å². The van der Waals surface area contributed by atoms with E-state index in [4.69, 9.17) is 4.74 Å². The van der Waals surface area contributed by atoms with Crippen LogP contribution in [0.1, 0.15) is 13.8 Å². The van der Waals surface area contributed by atoms with Crippen molar-refractivity contribution in [3.8, 4) is 5.75 Å². The lowest BCUT2D eigenvalue weighted by atomic mass is 9.95. The molecule has 0 atom stereocenters. The molecule has 0 saturated heterocycles. The molecule has 16 heavy (non-hydrogen) atoms. The van der Waals surface area contributed by atoms with Crippen molar-refractivity contribution in [3.63, 3.8) is 0 Å². The molecule has 0 aliphatic rings. The molecule has 90 valence electrons. The average Bonchev–Trinajstić information content (AvgIpc) is 2.20. The molecule has 0 aliphatic heterocycles. The molecule has 1 rings (SSSR count). The SMILES string of the molecule is CNCC(C)(C)COc1ccc(F)c(Br)c1. The maximum atomic E-state index is 13.0. The van der Waals surface area contributed by atoms with Crippen molar-refractivity contribution in [2.45, 2.75) is 13.8 Å². The van der Waals surface area contributed by atoms with Crippen LogP contribution in [0.15, 0.2) is 22.7 Å². The third-order valence-electron chi connectivity index (χ3n) is 2.18. The second kappa shape index (κ2) is 5.64. The molecule has 0 spiro atoms. The van der Waals surface area contributed by atoms with Gasteiger partial charge < -0.3 is 10.1 Å². The summed E-state index contributed by atoms with van der Waals surface area (Å²) < 4.78 is 19.0. The number of hydrogen-bond acceptors (Lipinski definition) is 2. The third-order valence-corrected chi connectivity index (χ3v) is 2.78. The van der Waals surface area contributed by atoms with Crippen LogP contribution in [0.2, 0.25) is 0 Å². The van der Waals surface area contributed by atoms with Gasteiger partial charge in [0.1, 0.15) is 11.6 Å². The zero-order valence-electron chi connectivity index (χ0n) is 9.81. The Labute approximate surface area is 104 Å². The molecule has 0 fully saturated rings. The van der Waals surface area contributed by atoms with E-state index >= 15 is 0 Å². The van der Waals surface area contributed by atoms with Crippen molar-refractivity contribution in [2.24, 2.45) is 5.41 Å². The maximum Gasteiger partial charge on any atom is 0.137 e. The minimum Gasteiger partial charge on any atom is -0.493 e. The largest absolute Gasteiger partial charge is 0.493 e. The Balaban J connectivity index is 2.57. The fourth-order valence-electron chi connectivity index (χ4n) is 1.37. The van der Waals surface area contributed by atoms with Crippen LogP contribution < -0.4 is 10.1 Å². The van der Waals surface area contributed by atoms with E-state index in [1.165, 1.54) is 6.07 Å². The minimum atomic E-state index is -0.276. The Morgan fingerprint density at radius 2 is 2.12 bits per heavy atom. The predicted molar refractivity (Wildman–Crippen MR) is 67.3 cm³/mol. The Kier molecular flexibility index (Phi) is 4.74. The van der Waals surface area contributed by atoms with E-state index in [2.05, 4.69) is 35.1 Å². The highest BCUT2D eigenvalue weighted by Crippen LogP contribution is 2.23. The highest BCUT2D eigenvalue weighted by atomic mass is 79.9. The fraction of sp³-hybridized carbons (Fsp3) is 0.500. The van der Waals surface area contributed by atoms with Crippen molar-refractivity contribution < 1.29 is 9.13 Å². The van der Waals surface area contributed by atoms with Gasteiger partial charge in [0.2, 0.25) is 0 Å². The summed E-state index contributed by atoms with van der Waals surface area (Å²) in [6.07, 6.45) is 0. The second-order valence-electron chi connectivity index (χ2n) is 4.56. The van der Waals surface area contributed by atoms with Crippen LogP contribution in [0.3, 0.4) is 0 Å². The predicted octanol–water partition coefficient (Wildman–Crippen LogP) is 3.21. The molecule has 1 aromatic rings. The minimum absolute atomic E-state index is 0.0512. The molecule has 1 aromatic carbocycles. The first kappa shape index (κ1) is 13.5. The molecule has 0 bridgehead atoms. The molecule has 4 heteroatoms. The summed E-state index contributed by atoms with van der Waals surface area (Å²) in [4.78, 5) is 0. The monoisotopic (exact) mass is 289 g/mol. The summed E-state index contributed by atoms with van der Waals surface area (Å²) in [5, 5.41) is 3.12. The van der Waals surface area contributed by atoms with Gasteiger partial charge in [-0.05, 0) is 41.2 Å². The lowest BCUT2D eigenvalue weighted by molar-refractivity contribution is 0.179. The van der Waals surface area contributed by atoms with Crippen LogP contribution in [-0.4, -0.2) is 20.2 Å². The van der Waals surface area contributed by atoms with E-state index < -0.39 is 0 Å². The number of ether oxygens (including phenoxy) is 1. The summed E-state index contributed by atoms with van der Waals surface area (Å²) in [6.45, 7) is 5.69. The molecule has 0 radical (unpaired) electrons. The van der Waals surface area contributed by atoms with Crippen LogP contribution in [0.4, 0.5) is 4.39 Å². The lowest BCUT2D eigenvalue weighted by Gasteiger charge is -2.24. The standard InChI is InChI=1S/C12H17BrFNO/c1-12(2,7-15-3)8-16-9-4-5-11(14)10(13)6-9/h4-6,15H,7-8H2,1-3H3.